The van der Waals surface area contributed by atoms with E-state index in [9.17, 15) is 14.0 Å². The molecule has 32 heavy (non-hydrogen) atoms. The van der Waals surface area contributed by atoms with Crippen molar-refractivity contribution in [3.63, 3.8) is 0 Å². The van der Waals surface area contributed by atoms with Gasteiger partial charge in [-0.25, -0.2) is 14.8 Å². The molecule has 0 saturated heterocycles. The van der Waals surface area contributed by atoms with Crippen molar-refractivity contribution >= 4 is 40.5 Å². The van der Waals surface area contributed by atoms with Gasteiger partial charge in [-0.15, -0.1) is 0 Å². The van der Waals surface area contributed by atoms with Crippen molar-refractivity contribution in [1.29, 1.82) is 0 Å². The number of nitrogens with one attached hydrogen (secondary N) is 1. The molecule has 2 aromatic carbocycles. The summed E-state index contributed by atoms with van der Waals surface area (Å²) >= 11 is 5.97. The number of amides is 2. The number of hydrogen-bond acceptors (Lipinski definition) is 5. The first-order chi connectivity index (χ1) is 15.4. The van der Waals surface area contributed by atoms with Crippen molar-refractivity contribution in [3.8, 4) is 0 Å². The molecule has 0 aliphatic carbocycles. The Bertz CT molecular complexity index is 1100. The Morgan fingerprint density at radius 2 is 2.00 bits per heavy atom. The molecule has 9 heteroatoms. The zero-order valence-electron chi connectivity index (χ0n) is 17.8. The minimum atomic E-state index is -0.515. The van der Waals surface area contributed by atoms with Crippen molar-refractivity contribution in [2.24, 2.45) is 5.92 Å². The predicted octanol–water partition coefficient (Wildman–Crippen LogP) is 4.11. The van der Waals surface area contributed by atoms with Gasteiger partial charge >= 0.3 is 0 Å². The van der Waals surface area contributed by atoms with Crippen LogP contribution in [0.3, 0.4) is 0 Å². The Kier molecular flexibility index (Phi) is 8.10. The molecule has 1 unspecified atom stereocenters. The molecule has 0 radical (unpaired) electrons. The quantitative estimate of drug-likeness (QED) is 0.365. The second kappa shape index (κ2) is 11.0. The Hall–Kier alpha value is -3.07. The van der Waals surface area contributed by atoms with E-state index in [0.717, 1.165) is 15.8 Å². The highest BCUT2D eigenvalue weighted by atomic mass is 35.5. The standard InChI is InChI=1S/C23H24ClFN4O3/c1-16(13-28(17(2)31)27-12-20-8-5-9-21(25)23(20)24)14-32-29(15-30)22-10-18-6-3-4-7-19(18)11-26-22/h3-11,15-16,27H,12-14H2,1-2H3. The van der Waals surface area contributed by atoms with Gasteiger partial charge < -0.3 is 0 Å². The van der Waals surface area contributed by atoms with Crippen LogP contribution in [0.1, 0.15) is 19.4 Å². The molecular weight excluding hydrogens is 435 g/mol. The molecule has 1 aromatic heterocycles. The highest BCUT2D eigenvalue weighted by Crippen LogP contribution is 2.20. The fourth-order valence-corrected chi connectivity index (χ4v) is 3.28. The summed E-state index contributed by atoms with van der Waals surface area (Å²) in [5.74, 6) is -0.489. The third kappa shape index (κ3) is 6.00. The third-order valence-electron chi connectivity index (χ3n) is 4.80. The number of hydrogen-bond donors (Lipinski definition) is 1. The molecule has 0 bridgehead atoms. The highest BCUT2D eigenvalue weighted by molar-refractivity contribution is 6.31. The summed E-state index contributed by atoms with van der Waals surface area (Å²) in [4.78, 5) is 33.5. The zero-order valence-corrected chi connectivity index (χ0v) is 18.6. The smallest absolute Gasteiger partial charge is 0.239 e. The lowest BCUT2D eigenvalue weighted by molar-refractivity contribution is -0.133. The second-order valence-corrected chi connectivity index (χ2v) is 7.78. The van der Waals surface area contributed by atoms with Crippen molar-refractivity contribution in [2.75, 3.05) is 18.2 Å². The molecule has 1 N–H and O–H groups in total. The van der Waals surface area contributed by atoms with Gasteiger partial charge in [0.25, 0.3) is 0 Å². The van der Waals surface area contributed by atoms with Gasteiger partial charge in [0, 0.05) is 37.5 Å². The van der Waals surface area contributed by atoms with Gasteiger partial charge in [-0.1, -0.05) is 54.9 Å². The monoisotopic (exact) mass is 458 g/mol. The number of halogens is 2. The van der Waals surface area contributed by atoms with E-state index in [4.69, 9.17) is 16.4 Å². The van der Waals surface area contributed by atoms with E-state index >= 15 is 0 Å². The number of rotatable bonds is 10. The van der Waals surface area contributed by atoms with Gasteiger partial charge in [-0.2, -0.15) is 5.06 Å². The summed E-state index contributed by atoms with van der Waals surface area (Å²) in [7, 11) is 0. The zero-order chi connectivity index (χ0) is 23.1. The number of anilines is 1. The molecule has 1 atom stereocenters. The number of nitrogens with zero attached hydrogens (tertiary/aromatic N) is 3. The number of pyridine rings is 1. The lowest BCUT2D eigenvalue weighted by Gasteiger charge is -2.26. The lowest BCUT2D eigenvalue weighted by atomic mass is 10.2. The van der Waals surface area contributed by atoms with E-state index in [2.05, 4.69) is 10.4 Å². The maximum atomic E-state index is 13.6. The molecule has 3 rings (SSSR count). The Morgan fingerprint density at radius 3 is 2.72 bits per heavy atom. The van der Waals surface area contributed by atoms with E-state index in [1.165, 1.54) is 18.0 Å². The summed E-state index contributed by atoms with van der Waals surface area (Å²) in [6, 6.07) is 14.0. The minimum Gasteiger partial charge on any atom is -0.278 e. The van der Waals surface area contributed by atoms with Gasteiger partial charge in [0.2, 0.25) is 12.3 Å². The van der Waals surface area contributed by atoms with Gasteiger partial charge in [0.1, 0.15) is 5.82 Å². The van der Waals surface area contributed by atoms with Crippen LogP contribution in [0.5, 0.6) is 0 Å². The first-order valence-corrected chi connectivity index (χ1v) is 10.4. The average Bonchev–Trinajstić information content (AvgIpc) is 2.79. The van der Waals surface area contributed by atoms with Crippen LogP contribution in [0.15, 0.2) is 54.7 Å². The van der Waals surface area contributed by atoms with Crippen LogP contribution in [-0.2, 0) is 21.0 Å². The normalized spacial score (nSPS) is 11.9. The van der Waals surface area contributed by atoms with Crippen LogP contribution in [0, 0.1) is 11.7 Å². The van der Waals surface area contributed by atoms with Crippen LogP contribution in [0.4, 0.5) is 10.2 Å². The fourth-order valence-electron chi connectivity index (χ4n) is 3.08. The van der Waals surface area contributed by atoms with Crippen LogP contribution in [-0.4, -0.2) is 35.5 Å². The highest BCUT2D eigenvalue weighted by Gasteiger charge is 2.17. The molecule has 0 aliphatic heterocycles. The molecule has 3 aromatic rings. The van der Waals surface area contributed by atoms with E-state index in [-0.39, 0.29) is 30.0 Å². The van der Waals surface area contributed by atoms with Crippen LogP contribution in [0.2, 0.25) is 5.02 Å². The molecule has 168 valence electrons. The third-order valence-corrected chi connectivity index (χ3v) is 5.23. The van der Waals surface area contributed by atoms with Gasteiger partial charge in [0.15, 0.2) is 5.82 Å². The van der Waals surface area contributed by atoms with Crippen LogP contribution < -0.4 is 10.5 Å². The van der Waals surface area contributed by atoms with Crippen molar-refractivity contribution in [3.05, 3.63) is 71.1 Å². The van der Waals surface area contributed by atoms with Gasteiger partial charge in [0.05, 0.1) is 11.6 Å². The number of hydroxylamine groups is 1. The van der Waals surface area contributed by atoms with Crippen molar-refractivity contribution < 1.29 is 18.8 Å². The number of carbonyl (C=O) groups excluding carboxylic acids is 2. The van der Waals surface area contributed by atoms with E-state index in [1.807, 2.05) is 31.2 Å². The van der Waals surface area contributed by atoms with Gasteiger partial charge in [-0.3, -0.25) is 19.4 Å². The Balaban J connectivity index is 1.57. The molecule has 0 saturated carbocycles. The summed E-state index contributed by atoms with van der Waals surface area (Å²) in [5.41, 5.74) is 3.51. The van der Waals surface area contributed by atoms with Crippen molar-refractivity contribution in [2.45, 2.75) is 20.4 Å². The topological polar surface area (TPSA) is 74.8 Å². The number of carbonyl (C=O) groups is 2. The van der Waals surface area contributed by atoms with E-state index in [1.54, 1.807) is 24.4 Å². The first kappa shape index (κ1) is 23.6. The van der Waals surface area contributed by atoms with Crippen molar-refractivity contribution in [1.82, 2.24) is 15.4 Å². The number of fused-ring (bicyclic) bond motifs is 1. The summed E-state index contributed by atoms with van der Waals surface area (Å²) in [5, 5.41) is 4.39. The minimum absolute atomic E-state index is 0.0180. The molecule has 0 fully saturated rings. The Morgan fingerprint density at radius 1 is 1.25 bits per heavy atom. The summed E-state index contributed by atoms with van der Waals surface area (Å²) in [6.45, 7) is 3.96. The predicted molar refractivity (Wildman–Crippen MR) is 121 cm³/mol. The number of hydrazine groups is 1. The first-order valence-electron chi connectivity index (χ1n) is 10.1. The second-order valence-electron chi connectivity index (χ2n) is 7.40. The summed E-state index contributed by atoms with van der Waals surface area (Å²) < 4.78 is 13.6. The Labute approximate surface area is 190 Å². The average molecular weight is 459 g/mol. The fraction of sp³-hybridized carbons (Fsp3) is 0.261. The maximum absolute atomic E-state index is 13.6. The molecule has 2 amide bonds. The van der Waals surface area contributed by atoms with Crippen LogP contribution in [0.25, 0.3) is 10.8 Å². The molecule has 1 heterocycles. The number of benzene rings is 2. The van der Waals surface area contributed by atoms with Crippen LogP contribution >= 0.6 is 11.6 Å². The maximum Gasteiger partial charge on any atom is 0.239 e. The molecular formula is C23H24ClFN4O3. The molecule has 0 aliphatic rings. The summed E-state index contributed by atoms with van der Waals surface area (Å²) in [6.07, 6.45) is 2.23. The lowest BCUT2D eigenvalue weighted by Crippen LogP contribution is -2.44. The SMILES string of the molecule is CC(=O)N(CC(C)CON(C=O)c1cc2ccccc2cn1)NCc1cccc(F)c1Cl. The van der Waals surface area contributed by atoms with E-state index < -0.39 is 5.82 Å². The largest absolute Gasteiger partial charge is 0.278 e. The number of aromatic nitrogens is 1. The molecule has 0 spiro atoms. The van der Waals surface area contributed by atoms with Gasteiger partial charge in [-0.05, 0) is 23.1 Å². The molecule has 7 nitrogen and oxygen atoms in total. The van der Waals surface area contributed by atoms with E-state index in [0.29, 0.717) is 24.3 Å².